The Bertz CT molecular complexity index is 593. The average molecular weight is 395 g/mol. The molecule has 0 unspecified atom stereocenters. The molecular formula is C20H34N4O4. The Morgan fingerprint density at radius 2 is 2.04 bits per heavy atom. The number of amides is 2. The van der Waals surface area contributed by atoms with E-state index in [1.54, 1.807) is 24.2 Å². The number of methoxy groups -OCH3 is 1. The van der Waals surface area contributed by atoms with Gasteiger partial charge in [-0.25, -0.2) is 4.79 Å². The number of hydrogen-bond acceptors (Lipinski definition) is 5. The number of urea groups is 1. The van der Waals surface area contributed by atoms with Gasteiger partial charge < -0.3 is 24.8 Å². The molecule has 1 aromatic heterocycles. The van der Waals surface area contributed by atoms with Crippen LogP contribution in [0.15, 0.2) is 12.4 Å². The summed E-state index contributed by atoms with van der Waals surface area (Å²) >= 11 is 0. The molecule has 0 atom stereocenters. The van der Waals surface area contributed by atoms with E-state index in [1.807, 2.05) is 0 Å². The normalized spacial score (nSPS) is 20.0. The van der Waals surface area contributed by atoms with Crippen molar-refractivity contribution in [2.24, 2.45) is 5.41 Å². The van der Waals surface area contributed by atoms with E-state index in [4.69, 9.17) is 14.2 Å². The quantitative estimate of drug-likeness (QED) is 0.496. The fraction of sp³-hybridized carbons (Fsp3) is 0.800. The second-order valence-electron chi connectivity index (χ2n) is 7.82. The molecule has 3 rings (SSSR count). The molecule has 2 aliphatic rings. The van der Waals surface area contributed by atoms with Crippen LogP contribution in [0.2, 0.25) is 0 Å². The van der Waals surface area contributed by atoms with Gasteiger partial charge in [-0.2, -0.15) is 5.10 Å². The Morgan fingerprint density at radius 1 is 1.29 bits per heavy atom. The van der Waals surface area contributed by atoms with Crippen molar-refractivity contribution in [3.8, 4) is 0 Å². The van der Waals surface area contributed by atoms with Crippen molar-refractivity contribution >= 4 is 11.7 Å². The number of ether oxygens (including phenoxy) is 3. The minimum absolute atomic E-state index is 0.0719. The van der Waals surface area contributed by atoms with E-state index in [0.717, 1.165) is 25.7 Å². The number of carbonyl (C=O) groups excluding carboxylic acids is 1. The number of hydrogen-bond donors (Lipinski definition) is 2. The maximum absolute atomic E-state index is 12.1. The van der Waals surface area contributed by atoms with Crippen LogP contribution >= 0.6 is 0 Å². The molecule has 2 heterocycles. The lowest BCUT2D eigenvalue weighted by atomic mass is 9.75. The van der Waals surface area contributed by atoms with E-state index in [1.165, 1.54) is 25.7 Å². The first kappa shape index (κ1) is 21.1. The number of nitrogens with one attached hydrogen (secondary N) is 2. The summed E-state index contributed by atoms with van der Waals surface area (Å²) in [6.45, 7) is 3.28. The lowest BCUT2D eigenvalue weighted by molar-refractivity contribution is -0.143. The lowest BCUT2D eigenvalue weighted by Gasteiger charge is -2.37. The molecule has 28 heavy (non-hydrogen) atoms. The van der Waals surface area contributed by atoms with E-state index >= 15 is 0 Å². The van der Waals surface area contributed by atoms with Gasteiger partial charge in [-0.05, 0) is 25.7 Å². The van der Waals surface area contributed by atoms with Crippen LogP contribution in [0.3, 0.4) is 0 Å². The molecule has 1 aliphatic carbocycles. The molecule has 0 radical (unpaired) electrons. The standard InChI is InChI=1S/C20H34N4O4/c1-26-12-11-24-16-17(15-22-24)23-19(25)21-10-6-9-20(18-27-13-14-28-18)7-4-2-3-5-8-20/h15-16,18H,2-14H2,1H3,(H2,21,23,25). The second-order valence-corrected chi connectivity index (χ2v) is 7.82. The van der Waals surface area contributed by atoms with Gasteiger partial charge in [0.05, 0.1) is 38.2 Å². The van der Waals surface area contributed by atoms with Crippen LogP contribution in [0.4, 0.5) is 10.5 Å². The molecule has 8 heteroatoms. The second kappa shape index (κ2) is 10.8. The van der Waals surface area contributed by atoms with E-state index in [9.17, 15) is 4.79 Å². The molecule has 2 fully saturated rings. The number of nitrogens with zero attached hydrogens (tertiary/aromatic N) is 2. The van der Waals surface area contributed by atoms with Crippen LogP contribution < -0.4 is 10.6 Å². The number of anilines is 1. The number of aromatic nitrogens is 2. The summed E-state index contributed by atoms with van der Waals surface area (Å²) in [4.78, 5) is 12.1. The van der Waals surface area contributed by atoms with Crippen LogP contribution in [0.1, 0.15) is 51.4 Å². The van der Waals surface area contributed by atoms with Gasteiger partial charge in [0.2, 0.25) is 0 Å². The zero-order chi connectivity index (χ0) is 19.7. The van der Waals surface area contributed by atoms with Gasteiger partial charge in [0.25, 0.3) is 0 Å². The highest BCUT2D eigenvalue weighted by Gasteiger charge is 2.41. The molecule has 0 spiro atoms. The summed E-state index contributed by atoms with van der Waals surface area (Å²) < 4.78 is 18.6. The van der Waals surface area contributed by atoms with Gasteiger partial charge >= 0.3 is 6.03 Å². The van der Waals surface area contributed by atoms with Crippen molar-refractivity contribution < 1.29 is 19.0 Å². The smallest absolute Gasteiger partial charge is 0.319 e. The highest BCUT2D eigenvalue weighted by molar-refractivity contribution is 5.88. The van der Waals surface area contributed by atoms with Crippen molar-refractivity contribution in [3.05, 3.63) is 12.4 Å². The van der Waals surface area contributed by atoms with Gasteiger partial charge in [0.15, 0.2) is 6.29 Å². The largest absolute Gasteiger partial charge is 0.383 e. The number of carbonyl (C=O) groups is 1. The molecule has 2 N–H and O–H groups in total. The topological polar surface area (TPSA) is 86.6 Å². The van der Waals surface area contributed by atoms with Gasteiger partial charge in [-0.3, -0.25) is 4.68 Å². The summed E-state index contributed by atoms with van der Waals surface area (Å²) in [5.74, 6) is 0. The summed E-state index contributed by atoms with van der Waals surface area (Å²) in [6, 6.07) is -0.199. The minimum Gasteiger partial charge on any atom is -0.383 e. The van der Waals surface area contributed by atoms with Crippen LogP contribution in [0, 0.1) is 5.41 Å². The van der Waals surface area contributed by atoms with Crippen molar-refractivity contribution in [2.45, 2.75) is 64.2 Å². The molecular weight excluding hydrogens is 360 g/mol. The molecule has 2 amide bonds. The predicted octanol–water partition coefficient (Wildman–Crippen LogP) is 3.14. The predicted molar refractivity (Wildman–Crippen MR) is 106 cm³/mol. The monoisotopic (exact) mass is 394 g/mol. The Balaban J connectivity index is 1.41. The summed E-state index contributed by atoms with van der Waals surface area (Å²) in [5, 5.41) is 9.97. The van der Waals surface area contributed by atoms with Gasteiger partial charge in [-0.15, -0.1) is 0 Å². The summed E-state index contributed by atoms with van der Waals surface area (Å²) in [5.41, 5.74) is 0.787. The molecule has 1 saturated carbocycles. The molecule has 1 aromatic rings. The third kappa shape index (κ3) is 5.93. The zero-order valence-electron chi connectivity index (χ0n) is 17.0. The minimum atomic E-state index is -0.199. The molecule has 0 aromatic carbocycles. The summed E-state index contributed by atoms with van der Waals surface area (Å²) in [6.07, 6.45) is 12.7. The molecule has 158 valence electrons. The van der Waals surface area contributed by atoms with Crippen molar-refractivity contribution in [1.29, 1.82) is 0 Å². The molecule has 1 aliphatic heterocycles. The Kier molecular flexibility index (Phi) is 8.12. The lowest BCUT2D eigenvalue weighted by Crippen LogP contribution is -2.37. The van der Waals surface area contributed by atoms with Gasteiger partial charge in [0, 0.05) is 25.3 Å². The first-order valence-electron chi connectivity index (χ1n) is 10.5. The SMILES string of the molecule is COCCn1cc(NC(=O)NCCCC2(C3OCCO3)CCCCCC2)cn1. The summed E-state index contributed by atoms with van der Waals surface area (Å²) in [7, 11) is 1.65. The zero-order valence-corrected chi connectivity index (χ0v) is 17.0. The Labute approximate surface area is 167 Å². The van der Waals surface area contributed by atoms with E-state index in [-0.39, 0.29) is 17.7 Å². The Morgan fingerprint density at radius 3 is 2.75 bits per heavy atom. The van der Waals surface area contributed by atoms with E-state index < -0.39 is 0 Å². The van der Waals surface area contributed by atoms with Crippen molar-refractivity contribution in [1.82, 2.24) is 15.1 Å². The maximum atomic E-state index is 12.1. The highest BCUT2D eigenvalue weighted by Crippen LogP contribution is 2.44. The first-order chi connectivity index (χ1) is 13.7. The average Bonchev–Trinajstić information content (AvgIpc) is 3.33. The van der Waals surface area contributed by atoms with Crippen LogP contribution in [-0.4, -0.2) is 55.6 Å². The van der Waals surface area contributed by atoms with Crippen LogP contribution in [-0.2, 0) is 20.8 Å². The Hall–Kier alpha value is -1.64. The molecule has 8 nitrogen and oxygen atoms in total. The van der Waals surface area contributed by atoms with Crippen molar-refractivity contribution in [3.63, 3.8) is 0 Å². The number of rotatable bonds is 9. The fourth-order valence-electron chi connectivity index (χ4n) is 4.30. The molecule has 1 saturated heterocycles. The van der Waals surface area contributed by atoms with Crippen LogP contribution in [0.5, 0.6) is 0 Å². The van der Waals surface area contributed by atoms with Crippen molar-refractivity contribution in [2.75, 3.05) is 38.8 Å². The van der Waals surface area contributed by atoms with Crippen LogP contribution in [0.25, 0.3) is 0 Å². The molecule has 0 bridgehead atoms. The van der Waals surface area contributed by atoms with Gasteiger partial charge in [0.1, 0.15) is 0 Å². The van der Waals surface area contributed by atoms with E-state index in [0.29, 0.717) is 38.6 Å². The van der Waals surface area contributed by atoms with E-state index in [2.05, 4.69) is 15.7 Å². The van der Waals surface area contributed by atoms with Gasteiger partial charge in [-0.1, -0.05) is 25.7 Å². The third-order valence-electron chi connectivity index (χ3n) is 5.77. The first-order valence-corrected chi connectivity index (χ1v) is 10.5. The maximum Gasteiger partial charge on any atom is 0.319 e. The highest BCUT2D eigenvalue weighted by atomic mass is 16.7. The third-order valence-corrected chi connectivity index (χ3v) is 5.77. The fourth-order valence-corrected chi connectivity index (χ4v) is 4.30.